The zero-order valence-electron chi connectivity index (χ0n) is 14.2. The molecule has 2 aromatic rings. The monoisotopic (exact) mass is 397 g/mol. The molecular formula is C20H16ClN3O2S. The lowest BCUT2D eigenvalue weighted by Gasteiger charge is -2.25. The number of nitrogens with zero attached hydrogens (tertiary/aromatic N) is 1. The summed E-state index contributed by atoms with van der Waals surface area (Å²) in [6.45, 7) is 0. The average molecular weight is 398 g/mol. The number of allylic oxidation sites excluding steroid dienone is 1. The molecule has 3 rings (SSSR count). The number of nitrogens with one attached hydrogen (secondary N) is 2. The van der Waals surface area contributed by atoms with Crippen molar-refractivity contribution in [3.8, 4) is 6.07 Å². The fourth-order valence-corrected chi connectivity index (χ4v) is 3.77. The molecule has 1 unspecified atom stereocenters. The van der Waals surface area contributed by atoms with Crippen LogP contribution >= 0.6 is 23.4 Å². The van der Waals surface area contributed by atoms with Crippen molar-refractivity contribution in [2.24, 2.45) is 0 Å². The second kappa shape index (κ2) is 8.76. The van der Waals surface area contributed by atoms with Crippen LogP contribution in [-0.4, -0.2) is 17.6 Å². The van der Waals surface area contributed by atoms with E-state index < -0.39 is 0 Å². The molecule has 27 heavy (non-hydrogen) atoms. The van der Waals surface area contributed by atoms with Crippen LogP contribution in [0.25, 0.3) is 0 Å². The van der Waals surface area contributed by atoms with E-state index in [0.717, 1.165) is 17.3 Å². The number of carbonyl (C=O) groups excluding carboxylic acids is 2. The van der Waals surface area contributed by atoms with E-state index in [1.807, 2.05) is 30.3 Å². The van der Waals surface area contributed by atoms with Crippen molar-refractivity contribution in [3.63, 3.8) is 0 Å². The summed E-state index contributed by atoms with van der Waals surface area (Å²) in [4.78, 5) is 24.3. The summed E-state index contributed by atoms with van der Waals surface area (Å²) in [5, 5.41) is 16.2. The summed E-state index contributed by atoms with van der Waals surface area (Å²) < 4.78 is 0. The number of rotatable bonds is 5. The van der Waals surface area contributed by atoms with Gasteiger partial charge in [-0.3, -0.25) is 9.59 Å². The van der Waals surface area contributed by atoms with E-state index in [-0.39, 0.29) is 29.9 Å². The second-order valence-corrected chi connectivity index (χ2v) is 7.34. The van der Waals surface area contributed by atoms with E-state index in [1.54, 1.807) is 24.3 Å². The maximum Gasteiger partial charge on any atom is 0.234 e. The minimum Gasteiger partial charge on any atom is -0.325 e. The topological polar surface area (TPSA) is 82.0 Å². The fraction of sp³-hybridized carbons (Fsp3) is 0.150. The number of thioether (sulfide) groups is 1. The number of anilines is 1. The third-order valence-electron chi connectivity index (χ3n) is 4.03. The lowest BCUT2D eigenvalue weighted by atomic mass is 9.87. The number of halogens is 1. The molecule has 1 atom stereocenters. The van der Waals surface area contributed by atoms with Gasteiger partial charge in [0.05, 0.1) is 22.4 Å². The number of amides is 2. The number of para-hydroxylation sites is 1. The lowest BCUT2D eigenvalue weighted by molar-refractivity contribution is -0.121. The molecule has 2 N–H and O–H groups in total. The van der Waals surface area contributed by atoms with E-state index in [1.165, 1.54) is 0 Å². The van der Waals surface area contributed by atoms with E-state index in [4.69, 9.17) is 11.6 Å². The predicted octanol–water partition coefficient (Wildman–Crippen LogP) is 4.05. The molecule has 1 aliphatic rings. The van der Waals surface area contributed by atoms with Crippen LogP contribution in [0, 0.1) is 11.3 Å². The molecule has 0 saturated carbocycles. The zero-order chi connectivity index (χ0) is 19.2. The highest BCUT2D eigenvalue weighted by Gasteiger charge is 2.29. The molecule has 0 spiro atoms. The molecule has 2 aromatic carbocycles. The van der Waals surface area contributed by atoms with Crippen LogP contribution in [0.15, 0.2) is 65.2 Å². The van der Waals surface area contributed by atoms with Gasteiger partial charge in [-0.05, 0) is 29.8 Å². The van der Waals surface area contributed by atoms with Gasteiger partial charge in [-0.1, -0.05) is 53.7 Å². The van der Waals surface area contributed by atoms with Crippen LogP contribution in [0.4, 0.5) is 5.69 Å². The van der Waals surface area contributed by atoms with Crippen molar-refractivity contribution in [2.45, 2.75) is 12.3 Å². The maximum absolute atomic E-state index is 12.2. The van der Waals surface area contributed by atoms with Crippen LogP contribution in [0.2, 0.25) is 5.02 Å². The van der Waals surface area contributed by atoms with Gasteiger partial charge in [0.25, 0.3) is 0 Å². The van der Waals surface area contributed by atoms with Crippen LogP contribution < -0.4 is 10.6 Å². The molecule has 0 fully saturated rings. The van der Waals surface area contributed by atoms with Crippen molar-refractivity contribution in [2.75, 3.05) is 11.1 Å². The molecule has 7 heteroatoms. The molecule has 2 amide bonds. The van der Waals surface area contributed by atoms with Crippen molar-refractivity contribution >= 4 is 40.9 Å². The van der Waals surface area contributed by atoms with E-state index in [2.05, 4.69) is 16.7 Å². The lowest BCUT2D eigenvalue weighted by Crippen LogP contribution is -2.31. The highest BCUT2D eigenvalue weighted by atomic mass is 35.5. The first-order valence-corrected chi connectivity index (χ1v) is 9.60. The third kappa shape index (κ3) is 4.91. The summed E-state index contributed by atoms with van der Waals surface area (Å²) in [7, 11) is 0. The molecule has 136 valence electrons. The standard InChI is InChI=1S/C20H16ClN3O2S/c21-14-8-6-13(7-9-14)16-10-18(25)24-20(17(16)11-22)27-12-19(26)23-15-4-2-1-3-5-15/h1-9,16H,10,12H2,(H,23,26)(H,24,25). The molecule has 0 bridgehead atoms. The van der Waals surface area contributed by atoms with Gasteiger partial charge in [-0.15, -0.1) is 0 Å². The molecule has 1 heterocycles. The van der Waals surface area contributed by atoms with Gasteiger partial charge >= 0.3 is 0 Å². The summed E-state index contributed by atoms with van der Waals surface area (Å²) in [5.74, 6) is -0.650. The Hall–Kier alpha value is -2.75. The van der Waals surface area contributed by atoms with Crippen molar-refractivity contribution < 1.29 is 9.59 Å². The molecule has 1 aliphatic heterocycles. The van der Waals surface area contributed by atoms with Gasteiger partial charge < -0.3 is 10.6 Å². The average Bonchev–Trinajstić information content (AvgIpc) is 2.67. The molecule has 0 aliphatic carbocycles. The fourth-order valence-electron chi connectivity index (χ4n) is 2.77. The van der Waals surface area contributed by atoms with Gasteiger partial charge in [0.15, 0.2) is 0 Å². The van der Waals surface area contributed by atoms with Crippen molar-refractivity contribution in [3.05, 3.63) is 75.8 Å². The Labute approximate surface area is 166 Å². The summed E-state index contributed by atoms with van der Waals surface area (Å²) in [6, 6.07) is 18.4. The van der Waals surface area contributed by atoms with Gasteiger partial charge in [-0.2, -0.15) is 5.26 Å². The van der Waals surface area contributed by atoms with Crippen LogP contribution in [0.3, 0.4) is 0 Å². The van der Waals surface area contributed by atoms with E-state index in [0.29, 0.717) is 21.3 Å². The van der Waals surface area contributed by atoms with Crippen LogP contribution in [0.5, 0.6) is 0 Å². The Kier molecular flexibility index (Phi) is 6.17. The quantitative estimate of drug-likeness (QED) is 0.797. The minimum absolute atomic E-state index is 0.0863. The van der Waals surface area contributed by atoms with E-state index in [9.17, 15) is 14.9 Å². The van der Waals surface area contributed by atoms with Crippen LogP contribution in [-0.2, 0) is 9.59 Å². The van der Waals surface area contributed by atoms with E-state index >= 15 is 0 Å². The summed E-state index contributed by atoms with van der Waals surface area (Å²) in [5.41, 5.74) is 2.00. The largest absolute Gasteiger partial charge is 0.325 e. The number of nitriles is 1. The Morgan fingerprint density at radius 3 is 2.59 bits per heavy atom. The second-order valence-electron chi connectivity index (χ2n) is 5.91. The molecule has 0 radical (unpaired) electrons. The first kappa shape index (κ1) is 19.0. The van der Waals surface area contributed by atoms with Crippen molar-refractivity contribution in [1.82, 2.24) is 5.32 Å². The molecule has 0 saturated heterocycles. The maximum atomic E-state index is 12.2. The van der Waals surface area contributed by atoms with Gasteiger partial charge in [0, 0.05) is 23.0 Å². The first-order chi connectivity index (χ1) is 13.1. The minimum atomic E-state index is -0.347. The molecular weight excluding hydrogens is 382 g/mol. The number of carbonyl (C=O) groups is 2. The number of hydrogen-bond acceptors (Lipinski definition) is 4. The summed E-state index contributed by atoms with van der Waals surface area (Å²) in [6.07, 6.45) is 0.185. The SMILES string of the molecule is N#CC1=C(SCC(=O)Nc2ccccc2)NC(=O)CC1c1ccc(Cl)cc1. The third-order valence-corrected chi connectivity index (χ3v) is 5.30. The Morgan fingerprint density at radius 2 is 1.93 bits per heavy atom. The Morgan fingerprint density at radius 1 is 1.22 bits per heavy atom. The predicted molar refractivity (Wildman–Crippen MR) is 107 cm³/mol. The number of benzene rings is 2. The normalized spacial score (nSPS) is 16.4. The van der Waals surface area contributed by atoms with Gasteiger partial charge in [-0.25, -0.2) is 0 Å². The zero-order valence-corrected chi connectivity index (χ0v) is 15.8. The smallest absolute Gasteiger partial charge is 0.234 e. The van der Waals surface area contributed by atoms with Gasteiger partial charge in [0.1, 0.15) is 0 Å². The first-order valence-electron chi connectivity index (χ1n) is 8.24. The Bertz CT molecular complexity index is 920. The van der Waals surface area contributed by atoms with Crippen LogP contribution in [0.1, 0.15) is 17.9 Å². The highest BCUT2D eigenvalue weighted by molar-refractivity contribution is 8.03. The van der Waals surface area contributed by atoms with Gasteiger partial charge in [0.2, 0.25) is 11.8 Å². The number of hydrogen-bond donors (Lipinski definition) is 2. The molecule has 5 nitrogen and oxygen atoms in total. The summed E-state index contributed by atoms with van der Waals surface area (Å²) >= 11 is 7.07. The highest BCUT2D eigenvalue weighted by Crippen LogP contribution is 2.36. The Balaban J connectivity index is 1.75. The molecule has 0 aromatic heterocycles. The van der Waals surface area contributed by atoms with Crippen molar-refractivity contribution in [1.29, 1.82) is 5.26 Å².